The topological polar surface area (TPSA) is 78.5 Å². The fourth-order valence-electron chi connectivity index (χ4n) is 3.50. The Kier molecular flexibility index (Phi) is 5.94. The number of urea groups is 1. The minimum absolute atomic E-state index is 0.366. The van der Waals surface area contributed by atoms with E-state index in [0.29, 0.717) is 23.6 Å². The first-order chi connectivity index (χ1) is 13.7. The number of benzene rings is 2. The number of rotatable bonds is 6. The van der Waals surface area contributed by atoms with Crippen molar-refractivity contribution < 1.29 is 14.4 Å². The van der Waals surface area contributed by atoms with Gasteiger partial charge >= 0.3 is 6.03 Å². The molecule has 1 aliphatic heterocycles. The average molecular weight is 414 g/mol. The zero-order valence-corrected chi connectivity index (χ0v) is 17.5. The number of nitrogens with one attached hydrogen (secondary N) is 2. The van der Waals surface area contributed by atoms with Crippen molar-refractivity contribution in [2.45, 2.75) is 39.2 Å². The smallest absolute Gasteiger partial charge is 0.323 e. The first kappa shape index (κ1) is 20.9. The van der Waals surface area contributed by atoms with Crippen LogP contribution in [-0.2, 0) is 16.0 Å². The first-order valence-corrected chi connectivity index (χ1v) is 9.82. The molecule has 1 heterocycles. The number of nitrogens with zero attached hydrogens (tertiary/aromatic N) is 1. The second kappa shape index (κ2) is 8.25. The van der Waals surface area contributed by atoms with Crippen LogP contribution in [0.3, 0.4) is 0 Å². The average Bonchev–Trinajstić information content (AvgIpc) is 2.87. The van der Waals surface area contributed by atoms with E-state index in [1.54, 1.807) is 13.0 Å². The van der Waals surface area contributed by atoms with Gasteiger partial charge in [-0.1, -0.05) is 48.0 Å². The molecule has 7 heteroatoms. The molecule has 0 bridgehead atoms. The maximum absolute atomic E-state index is 12.9. The Labute approximate surface area is 175 Å². The highest BCUT2D eigenvalue weighted by atomic mass is 35.5. The van der Waals surface area contributed by atoms with Crippen LogP contribution in [0.25, 0.3) is 0 Å². The van der Waals surface area contributed by atoms with Crippen molar-refractivity contribution in [2.24, 2.45) is 0 Å². The van der Waals surface area contributed by atoms with Gasteiger partial charge in [-0.25, -0.2) is 4.79 Å². The molecule has 3 rings (SSSR count). The summed E-state index contributed by atoms with van der Waals surface area (Å²) in [5.41, 5.74) is 2.32. The first-order valence-electron chi connectivity index (χ1n) is 9.44. The Morgan fingerprint density at radius 2 is 1.86 bits per heavy atom. The van der Waals surface area contributed by atoms with Crippen LogP contribution >= 0.6 is 11.6 Å². The number of imide groups is 1. The Balaban J connectivity index is 1.66. The number of aryl methyl sites for hydroxylation is 3. The Hall–Kier alpha value is -2.86. The molecule has 2 N–H and O–H groups in total. The maximum atomic E-state index is 12.9. The zero-order chi connectivity index (χ0) is 21.2. The lowest BCUT2D eigenvalue weighted by molar-refractivity contribution is -0.133. The van der Waals surface area contributed by atoms with Gasteiger partial charge in [-0.2, -0.15) is 0 Å². The minimum Gasteiger partial charge on any atom is -0.323 e. The summed E-state index contributed by atoms with van der Waals surface area (Å²) in [7, 11) is 0. The highest BCUT2D eigenvalue weighted by Crippen LogP contribution is 2.28. The molecule has 0 unspecified atom stereocenters. The molecule has 1 fully saturated rings. The molecule has 29 heavy (non-hydrogen) atoms. The van der Waals surface area contributed by atoms with Crippen molar-refractivity contribution >= 4 is 35.1 Å². The van der Waals surface area contributed by atoms with E-state index in [1.807, 2.05) is 50.2 Å². The molecule has 2 aromatic carbocycles. The summed E-state index contributed by atoms with van der Waals surface area (Å²) in [6, 6.07) is 12.8. The van der Waals surface area contributed by atoms with E-state index in [9.17, 15) is 14.4 Å². The van der Waals surface area contributed by atoms with Gasteiger partial charge in [-0.05, 0) is 56.4 Å². The number of halogens is 1. The third kappa shape index (κ3) is 4.59. The normalized spacial score (nSPS) is 18.7. The molecule has 0 spiro atoms. The van der Waals surface area contributed by atoms with Crippen molar-refractivity contribution in [1.82, 2.24) is 10.2 Å². The van der Waals surface area contributed by atoms with E-state index in [1.165, 1.54) is 0 Å². The van der Waals surface area contributed by atoms with E-state index in [0.717, 1.165) is 21.6 Å². The number of carbonyl (C=O) groups excluding carboxylic acids is 3. The minimum atomic E-state index is -1.04. The van der Waals surface area contributed by atoms with E-state index >= 15 is 0 Å². The summed E-state index contributed by atoms with van der Waals surface area (Å²) in [5, 5.41) is 5.86. The Morgan fingerprint density at radius 3 is 2.52 bits per heavy atom. The number of amides is 4. The Bertz CT molecular complexity index is 938. The molecule has 0 saturated carbocycles. The van der Waals surface area contributed by atoms with E-state index in [2.05, 4.69) is 10.6 Å². The van der Waals surface area contributed by atoms with Gasteiger partial charge in [0.05, 0.1) is 10.7 Å². The highest BCUT2D eigenvalue weighted by molar-refractivity contribution is 6.34. The van der Waals surface area contributed by atoms with Gasteiger partial charge in [0.15, 0.2) is 0 Å². The second-order valence-electron chi connectivity index (χ2n) is 7.63. The summed E-state index contributed by atoms with van der Waals surface area (Å²) < 4.78 is 0. The number of hydrogen-bond acceptors (Lipinski definition) is 3. The number of carbonyl (C=O) groups is 3. The molecule has 1 saturated heterocycles. The van der Waals surface area contributed by atoms with Crippen molar-refractivity contribution in [3.8, 4) is 0 Å². The van der Waals surface area contributed by atoms with Crippen molar-refractivity contribution in [3.63, 3.8) is 0 Å². The lowest BCUT2D eigenvalue weighted by Gasteiger charge is -2.21. The highest BCUT2D eigenvalue weighted by Gasteiger charge is 2.47. The fourth-order valence-corrected chi connectivity index (χ4v) is 3.86. The summed E-state index contributed by atoms with van der Waals surface area (Å²) in [4.78, 5) is 38.7. The maximum Gasteiger partial charge on any atom is 0.325 e. The molecular formula is C22H24ClN3O3. The predicted octanol–water partition coefficient (Wildman–Crippen LogP) is 3.84. The van der Waals surface area contributed by atoms with E-state index < -0.39 is 23.4 Å². The zero-order valence-electron chi connectivity index (χ0n) is 16.7. The van der Waals surface area contributed by atoms with Gasteiger partial charge in [-0.3, -0.25) is 14.5 Å². The lowest BCUT2D eigenvalue weighted by atomic mass is 9.93. The van der Waals surface area contributed by atoms with Crippen LogP contribution in [0, 0.1) is 13.8 Å². The monoisotopic (exact) mass is 413 g/mol. The molecule has 1 aliphatic rings. The van der Waals surface area contributed by atoms with Crippen LogP contribution in [-0.4, -0.2) is 34.8 Å². The molecule has 1 atom stereocenters. The predicted molar refractivity (Wildman–Crippen MR) is 113 cm³/mol. The van der Waals surface area contributed by atoms with Crippen molar-refractivity contribution in [2.75, 3.05) is 11.9 Å². The molecule has 0 aromatic heterocycles. The summed E-state index contributed by atoms with van der Waals surface area (Å²) in [6.45, 7) is 5.07. The molecule has 152 valence electrons. The van der Waals surface area contributed by atoms with Crippen LogP contribution in [0.1, 0.15) is 30.0 Å². The van der Waals surface area contributed by atoms with E-state index in [4.69, 9.17) is 11.6 Å². The molecule has 4 amide bonds. The van der Waals surface area contributed by atoms with Gasteiger partial charge in [0, 0.05) is 0 Å². The molecule has 6 nitrogen and oxygen atoms in total. The van der Waals surface area contributed by atoms with Gasteiger partial charge in [0.1, 0.15) is 12.1 Å². The van der Waals surface area contributed by atoms with Crippen molar-refractivity contribution in [1.29, 1.82) is 0 Å². The van der Waals surface area contributed by atoms with Crippen LogP contribution in [0.4, 0.5) is 10.5 Å². The molecule has 2 aromatic rings. The van der Waals surface area contributed by atoms with Gasteiger partial charge in [0.2, 0.25) is 5.91 Å². The lowest BCUT2D eigenvalue weighted by Crippen LogP contribution is -2.45. The standard InChI is InChI=1S/C22H24ClN3O3/c1-14-11-15(2)19(17(23)12-14)24-18(27)13-26-20(28)22(3,25-21(26)29)10-9-16-7-5-4-6-8-16/h4-8,11-12H,9-10,13H2,1-3H3,(H,24,27)(H,25,29)/t22-/m1/s1. The quantitative estimate of drug-likeness (QED) is 0.706. The summed E-state index contributed by atoms with van der Waals surface area (Å²) in [5.74, 6) is -0.880. The van der Waals surface area contributed by atoms with Crippen LogP contribution in [0.2, 0.25) is 5.02 Å². The third-order valence-corrected chi connectivity index (χ3v) is 5.40. The number of hydrogen-bond donors (Lipinski definition) is 2. The SMILES string of the molecule is Cc1cc(C)c(NC(=O)CN2C(=O)N[C@](C)(CCc3ccccc3)C2=O)c(Cl)c1. The molecular weight excluding hydrogens is 390 g/mol. The van der Waals surface area contributed by atoms with Crippen molar-refractivity contribution in [3.05, 3.63) is 64.2 Å². The molecule has 0 aliphatic carbocycles. The van der Waals surface area contributed by atoms with Gasteiger partial charge < -0.3 is 10.6 Å². The van der Waals surface area contributed by atoms with Crippen LogP contribution in [0.5, 0.6) is 0 Å². The van der Waals surface area contributed by atoms with E-state index in [-0.39, 0.29) is 6.54 Å². The number of anilines is 1. The summed E-state index contributed by atoms with van der Waals surface area (Å²) >= 11 is 6.22. The largest absolute Gasteiger partial charge is 0.325 e. The Morgan fingerprint density at radius 1 is 1.17 bits per heavy atom. The van der Waals surface area contributed by atoms with Gasteiger partial charge in [0.25, 0.3) is 5.91 Å². The summed E-state index contributed by atoms with van der Waals surface area (Å²) in [6.07, 6.45) is 1.09. The van der Waals surface area contributed by atoms with Crippen LogP contribution in [0.15, 0.2) is 42.5 Å². The second-order valence-corrected chi connectivity index (χ2v) is 8.03. The van der Waals surface area contributed by atoms with Crippen LogP contribution < -0.4 is 10.6 Å². The fraction of sp³-hybridized carbons (Fsp3) is 0.318. The third-order valence-electron chi connectivity index (χ3n) is 5.10. The molecule has 0 radical (unpaired) electrons. The van der Waals surface area contributed by atoms with Gasteiger partial charge in [-0.15, -0.1) is 0 Å².